The van der Waals surface area contributed by atoms with Gasteiger partial charge in [0.1, 0.15) is 23.6 Å². The van der Waals surface area contributed by atoms with Crippen LogP contribution in [0.25, 0.3) is 22.3 Å². The van der Waals surface area contributed by atoms with Gasteiger partial charge in [-0.15, -0.1) is 0 Å². The van der Waals surface area contributed by atoms with E-state index in [1.165, 1.54) is 12.4 Å². The van der Waals surface area contributed by atoms with Crippen LogP contribution in [0.4, 0.5) is 52.7 Å². The SMILES string of the molecule is CCNCc1cc(O[C@H]2CC[C@@H](N3CC(CC#N)(n4cc(-c5ncnc6[nH]ccc56)cn4)C3)CC2)nc(C(F)(F)F)n1.O=C(O)C(F)(F)F.O=C(O)C(F)(F)F.O=C(O)C(F)(F)F. The number of hydrogen-bond acceptors (Lipinski definition) is 12. The lowest BCUT2D eigenvalue weighted by Gasteiger charge is -2.53. The minimum Gasteiger partial charge on any atom is -0.475 e. The quantitative estimate of drug-likeness (QED) is 0.122. The summed E-state index contributed by atoms with van der Waals surface area (Å²) in [4.78, 5) is 48.2. The fourth-order valence-electron chi connectivity index (χ4n) is 5.96. The average molecular weight is 923 g/mol. The molecule has 2 fully saturated rings. The van der Waals surface area contributed by atoms with E-state index in [0.29, 0.717) is 44.9 Å². The molecular formula is C34H34F12N10O7. The smallest absolute Gasteiger partial charge is 0.475 e. The number of rotatable bonds is 9. The molecule has 0 radical (unpaired) electrons. The molecule has 0 aromatic carbocycles. The number of ether oxygens (including phenoxy) is 1. The topological polar surface area (TPSA) is 245 Å². The molecule has 0 spiro atoms. The van der Waals surface area contributed by atoms with Gasteiger partial charge in [-0.25, -0.2) is 29.3 Å². The number of aromatic nitrogens is 7. The number of halogens is 12. The molecule has 1 saturated carbocycles. The standard InChI is InChI=1S/C28H31F3N10O.3C2HF3O2/c1-2-33-13-19-11-23(39-26(38-19)28(29,30)31)42-21-5-3-20(4-6-21)40-15-27(16-40,8-9-32)41-14-18(12-37-41)24-22-7-10-34-25(22)36-17-35-24;3*3-2(4,5)1(6)7/h7,10-12,14,17,20-21,33H,2-6,8,13,15-16H2,1H3,(H,34,35,36);3*(H,6,7)/t20-,21+;;;. The number of hydrogen-bond donors (Lipinski definition) is 5. The Morgan fingerprint density at radius 1 is 0.905 bits per heavy atom. The molecule has 4 aromatic rings. The van der Waals surface area contributed by atoms with Crippen LogP contribution in [0.1, 0.15) is 50.5 Å². The normalized spacial score (nSPS) is 17.6. The molecule has 0 amide bonds. The van der Waals surface area contributed by atoms with Crippen molar-refractivity contribution in [2.45, 2.75) is 88.0 Å². The first-order valence-corrected chi connectivity index (χ1v) is 17.8. The highest BCUT2D eigenvalue weighted by Crippen LogP contribution is 2.39. The molecule has 0 bridgehead atoms. The minimum absolute atomic E-state index is 0.0410. The number of carbonyl (C=O) groups is 3. The van der Waals surface area contributed by atoms with Gasteiger partial charge in [-0.1, -0.05) is 6.92 Å². The zero-order valence-electron chi connectivity index (χ0n) is 32.1. The van der Waals surface area contributed by atoms with Crippen LogP contribution in [0.5, 0.6) is 5.88 Å². The van der Waals surface area contributed by atoms with Crippen LogP contribution in [-0.2, 0) is 32.6 Å². The second-order valence-electron chi connectivity index (χ2n) is 13.4. The number of aliphatic carboxylic acids is 3. The van der Waals surface area contributed by atoms with Gasteiger partial charge >= 0.3 is 42.6 Å². The van der Waals surface area contributed by atoms with Crippen molar-refractivity contribution in [3.8, 4) is 23.2 Å². The van der Waals surface area contributed by atoms with Crippen molar-refractivity contribution in [2.24, 2.45) is 0 Å². The van der Waals surface area contributed by atoms with Crippen molar-refractivity contribution in [3.63, 3.8) is 0 Å². The molecule has 5 N–H and O–H groups in total. The van der Waals surface area contributed by atoms with Crippen LogP contribution in [0.15, 0.2) is 37.1 Å². The Kier molecular flexibility index (Phi) is 16.8. The Balaban J connectivity index is 0.000000416. The summed E-state index contributed by atoms with van der Waals surface area (Å²) in [6, 6.07) is 6.05. The maximum Gasteiger partial charge on any atom is 0.490 e. The molecule has 1 aliphatic heterocycles. The van der Waals surface area contributed by atoms with E-state index in [4.69, 9.17) is 34.4 Å². The average Bonchev–Trinajstić information content (AvgIpc) is 3.86. The second-order valence-corrected chi connectivity index (χ2v) is 13.4. The van der Waals surface area contributed by atoms with Gasteiger partial charge in [0.25, 0.3) is 0 Å². The van der Waals surface area contributed by atoms with Crippen molar-refractivity contribution in [1.29, 1.82) is 5.26 Å². The zero-order valence-corrected chi connectivity index (χ0v) is 32.1. The van der Waals surface area contributed by atoms with Crippen molar-refractivity contribution in [3.05, 3.63) is 48.6 Å². The number of fused-ring (bicyclic) bond motifs is 1. The van der Waals surface area contributed by atoms with Gasteiger partial charge < -0.3 is 30.4 Å². The lowest BCUT2D eigenvalue weighted by molar-refractivity contribution is -0.193. The number of carboxylic acids is 3. The predicted molar refractivity (Wildman–Crippen MR) is 187 cm³/mol. The van der Waals surface area contributed by atoms with E-state index >= 15 is 0 Å². The van der Waals surface area contributed by atoms with Gasteiger partial charge in [-0.2, -0.15) is 68.0 Å². The number of H-pyrrole nitrogens is 1. The van der Waals surface area contributed by atoms with Gasteiger partial charge in [-0.05, 0) is 38.3 Å². The summed E-state index contributed by atoms with van der Waals surface area (Å²) >= 11 is 0. The molecule has 5 heterocycles. The van der Waals surface area contributed by atoms with E-state index in [-0.39, 0.29) is 24.2 Å². The van der Waals surface area contributed by atoms with E-state index in [2.05, 4.69) is 46.3 Å². The lowest BCUT2D eigenvalue weighted by Crippen LogP contribution is -2.65. The Morgan fingerprint density at radius 3 is 1.95 bits per heavy atom. The summed E-state index contributed by atoms with van der Waals surface area (Å²) in [7, 11) is 0. The molecule has 1 aliphatic carbocycles. The first kappa shape index (κ1) is 51.0. The van der Waals surface area contributed by atoms with Crippen molar-refractivity contribution >= 4 is 28.9 Å². The molecule has 0 atom stereocenters. The largest absolute Gasteiger partial charge is 0.490 e. The summed E-state index contributed by atoms with van der Waals surface area (Å²) < 4.78 is 143. The highest BCUT2D eigenvalue weighted by atomic mass is 19.4. The molecule has 2 aliphatic rings. The van der Waals surface area contributed by atoms with Crippen molar-refractivity contribution in [1.82, 2.24) is 44.9 Å². The first-order chi connectivity index (χ1) is 29.1. The molecule has 4 aromatic heterocycles. The van der Waals surface area contributed by atoms with Gasteiger partial charge in [0.05, 0.1) is 30.1 Å². The number of nitrogens with one attached hydrogen (secondary N) is 2. The Labute approximate surface area is 345 Å². The molecule has 17 nitrogen and oxygen atoms in total. The van der Waals surface area contributed by atoms with E-state index in [1.807, 2.05) is 30.1 Å². The summed E-state index contributed by atoms with van der Waals surface area (Å²) in [5, 5.41) is 39.6. The molecule has 29 heteroatoms. The third kappa shape index (κ3) is 14.6. The number of aromatic amines is 1. The van der Waals surface area contributed by atoms with Crippen LogP contribution in [0.3, 0.4) is 0 Å². The first-order valence-electron chi connectivity index (χ1n) is 17.8. The summed E-state index contributed by atoms with van der Waals surface area (Å²) in [6.07, 6.45) is -9.64. The fraction of sp³-hybridized carbons (Fsp3) is 0.500. The fourth-order valence-corrected chi connectivity index (χ4v) is 5.96. The highest BCUT2D eigenvalue weighted by Gasteiger charge is 2.48. The Bertz CT molecular complexity index is 2150. The maximum atomic E-state index is 13.4. The third-order valence-electron chi connectivity index (χ3n) is 8.84. The van der Waals surface area contributed by atoms with Crippen molar-refractivity contribution in [2.75, 3.05) is 19.6 Å². The Hall–Kier alpha value is -6.31. The monoisotopic (exact) mass is 922 g/mol. The number of nitriles is 1. The zero-order chi connectivity index (χ0) is 47.6. The molecule has 1 saturated heterocycles. The van der Waals surface area contributed by atoms with E-state index in [1.54, 1.807) is 6.20 Å². The summed E-state index contributed by atoms with van der Waals surface area (Å²) in [5.41, 5.74) is 2.22. The van der Waals surface area contributed by atoms with Gasteiger partial charge in [-0.3, -0.25) is 9.58 Å². The van der Waals surface area contributed by atoms with Gasteiger partial charge in [0, 0.05) is 55.1 Å². The predicted octanol–water partition coefficient (Wildman–Crippen LogP) is 5.95. The molecular weight excluding hydrogens is 888 g/mol. The molecule has 0 unspecified atom stereocenters. The molecule has 346 valence electrons. The van der Waals surface area contributed by atoms with Crippen molar-refractivity contribution < 1.29 is 87.1 Å². The van der Waals surface area contributed by atoms with Crippen LogP contribution in [0.2, 0.25) is 0 Å². The number of carboxylic acid groups (broad SMARTS) is 3. The van der Waals surface area contributed by atoms with Crippen LogP contribution < -0.4 is 10.1 Å². The van der Waals surface area contributed by atoms with Gasteiger partial charge in [0.2, 0.25) is 11.7 Å². The third-order valence-corrected chi connectivity index (χ3v) is 8.84. The van der Waals surface area contributed by atoms with E-state index in [0.717, 1.165) is 35.1 Å². The molecule has 6 rings (SSSR count). The van der Waals surface area contributed by atoms with Crippen LogP contribution >= 0.6 is 0 Å². The van der Waals surface area contributed by atoms with E-state index in [9.17, 15) is 57.9 Å². The van der Waals surface area contributed by atoms with Gasteiger partial charge in [0.15, 0.2) is 0 Å². The Morgan fingerprint density at radius 2 is 1.46 bits per heavy atom. The summed E-state index contributed by atoms with van der Waals surface area (Å²) in [6.45, 7) is 4.07. The van der Waals surface area contributed by atoms with E-state index < -0.39 is 54.0 Å². The maximum absolute atomic E-state index is 13.4. The van der Waals surface area contributed by atoms with Crippen LogP contribution in [-0.4, -0.2) is 123 Å². The second kappa shape index (κ2) is 20.7. The number of nitrogens with zero attached hydrogens (tertiary/aromatic N) is 8. The number of alkyl halides is 12. The van der Waals surface area contributed by atoms with Crippen LogP contribution in [0, 0.1) is 11.3 Å². The number of likely N-dealkylation sites (tertiary alicyclic amines) is 1. The minimum atomic E-state index is -5.08. The highest BCUT2D eigenvalue weighted by molar-refractivity contribution is 5.90. The summed E-state index contributed by atoms with van der Waals surface area (Å²) in [5.74, 6) is -9.50. The molecule has 63 heavy (non-hydrogen) atoms. The lowest BCUT2D eigenvalue weighted by atomic mass is 9.82.